The Hall–Kier alpha value is -1.34. The first-order chi connectivity index (χ1) is 7.60. The Morgan fingerprint density at radius 1 is 1.25 bits per heavy atom. The van der Waals surface area contributed by atoms with Crippen LogP contribution in [0.5, 0.6) is 0 Å². The van der Waals surface area contributed by atoms with Gasteiger partial charge in [-0.05, 0) is 28.7 Å². The summed E-state index contributed by atoms with van der Waals surface area (Å²) in [5.74, 6) is 0. The predicted molar refractivity (Wildman–Crippen MR) is 68.1 cm³/mol. The van der Waals surface area contributed by atoms with Gasteiger partial charge in [-0.3, -0.25) is 0 Å². The number of hydrogen-bond donors (Lipinski definition) is 1. The van der Waals surface area contributed by atoms with Crippen molar-refractivity contribution in [3.8, 4) is 0 Å². The zero-order valence-electron chi connectivity index (χ0n) is 9.83. The number of benzene rings is 1. The van der Waals surface area contributed by atoms with Gasteiger partial charge in [-0.15, -0.1) is 0 Å². The SMILES string of the molecule is CC1(C)C2=CC[C@H](N)C=C2c2ccccc21. The molecule has 1 atom stereocenters. The van der Waals surface area contributed by atoms with E-state index in [1.54, 1.807) is 0 Å². The summed E-state index contributed by atoms with van der Waals surface area (Å²) in [6.07, 6.45) is 5.51. The second-order valence-electron chi connectivity index (χ2n) is 5.27. The van der Waals surface area contributed by atoms with Gasteiger partial charge < -0.3 is 5.73 Å². The summed E-state index contributed by atoms with van der Waals surface area (Å²) in [6, 6.07) is 8.86. The lowest BCUT2D eigenvalue weighted by atomic mass is 9.80. The molecule has 0 bridgehead atoms. The van der Waals surface area contributed by atoms with Crippen molar-refractivity contribution < 1.29 is 0 Å². The van der Waals surface area contributed by atoms with Crippen molar-refractivity contribution in [3.05, 3.63) is 53.1 Å². The summed E-state index contributed by atoms with van der Waals surface area (Å²) in [6.45, 7) is 4.60. The monoisotopic (exact) mass is 211 g/mol. The van der Waals surface area contributed by atoms with Crippen molar-refractivity contribution in [1.82, 2.24) is 0 Å². The molecule has 0 heterocycles. The van der Waals surface area contributed by atoms with Crippen molar-refractivity contribution in [2.45, 2.75) is 31.7 Å². The minimum absolute atomic E-state index is 0.141. The van der Waals surface area contributed by atoms with Crippen molar-refractivity contribution in [2.75, 3.05) is 0 Å². The van der Waals surface area contributed by atoms with E-state index in [9.17, 15) is 0 Å². The van der Waals surface area contributed by atoms with Gasteiger partial charge in [0.1, 0.15) is 0 Å². The molecule has 0 fully saturated rings. The molecule has 0 radical (unpaired) electrons. The van der Waals surface area contributed by atoms with Crippen molar-refractivity contribution >= 4 is 5.57 Å². The van der Waals surface area contributed by atoms with E-state index in [4.69, 9.17) is 5.73 Å². The van der Waals surface area contributed by atoms with Gasteiger partial charge in [-0.1, -0.05) is 50.3 Å². The van der Waals surface area contributed by atoms with E-state index in [2.05, 4.69) is 50.3 Å². The molecule has 3 rings (SSSR count). The topological polar surface area (TPSA) is 26.0 Å². The highest BCUT2D eigenvalue weighted by Gasteiger charge is 2.38. The van der Waals surface area contributed by atoms with Crippen LogP contribution in [0, 0.1) is 0 Å². The fraction of sp³-hybridized carbons (Fsp3) is 0.333. The maximum Gasteiger partial charge on any atom is 0.0268 e. The van der Waals surface area contributed by atoms with Gasteiger partial charge >= 0.3 is 0 Å². The number of nitrogens with two attached hydrogens (primary N) is 1. The van der Waals surface area contributed by atoms with E-state index in [0.717, 1.165) is 6.42 Å². The van der Waals surface area contributed by atoms with Crippen molar-refractivity contribution in [1.29, 1.82) is 0 Å². The van der Waals surface area contributed by atoms with Crippen LogP contribution < -0.4 is 5.73 Å². The molecule has 16 heavy (non-hydrogen) atoms. The fourth-order valence-electron chi connectivity index (χ4n) is 2.97. The minimum Gasteiger partial charge on any atom is -0.324 e. The molecular weight excluding hydrogens is 194 g/mol. The van der Waals surface area contributed by atoms with Crippen LogP contribution in [-0.4, -0.2) is 6.04 Å². The largest absolute Gasteiger partial charge is 0.324 e. The molecule has 1 nitrogen and oxygen atoms in total. The van der Waals surface area contributed by atoms with Gasteiger partial charge in [-0.2, -0.15) is 0 Å². The molecule has 0 spiro atoms. The van der Waals surface area contributed by atoms with E-state index in [1.807, 2.05) is 0 Å². The minimum atomic E-state index is 0.141. The van der Waals surface area contributed by atoms with Gasteiger partial charge in [0.05, 0.1) is 0 Å². The molecule has 0 unspecified atom stereocenters. The van der Waals surface area contributed by atoms with Crippen LogP contribution in [0.1, 0.15) is 31.4 Å². The molecule has 2 N–H and O–H groups in total. The van der Waals surface area contributed by atoms with E-state index >= 15 is 0 Å². The van der Waals surface area contributed by atoms with E-state index in [0.29, 0.717) is 0 Å². The number of fused-ring (bicyclic) bond motifs is 3. The Bertz CT molecular complexity index is 506. The van der Waals surface area contributed by atoms with Crippen LogP contribution >= 0.6 is 0 Å². The second kappa shape index (κ2) is 3.08. The quantitative estimate of drug-likeness (QED) is 0.701. The lowest BCUT2D eigenvalue weighted by molar-refractivity contribution is 0.650. The Labute approximate surface area is 96.7 Å². The third-order valence-electron chi connectivity index (χ3n) is 3.83. The smallest absolute Gasteiger partial charge is 0.0268 e. The van der Waals surface area contributed by atoms with Crippen LogP contribution in [0.3, 0.4) is 0 Å². The Morgan fingerprint density at radius 2 is 2.00 bits per heavy atom. The van der Waals surface area contributed by atoms with Crippen LogP contribution in [0.25, 0.3) is 5.57 Å². The highest BCUT2D eigenvalue weighted by Crippen LogP contribution is 2.50. The van der Waals surface area contributed by atoms with E-state index in [1.165, 1.54) is 22.3 Å². The zero-order chi connectivity index (χ0) is 11.3. The molecule has 1 aromatic rings. The second-order valence-corrected chi connectivity index (χ2v) is 5.27. The van der Waals surface area contributed by atoms with Gasteiger partial charge in [0.25, 0.3) is 0 Å². The maximum absolute atomic E-state index is 6.02. The highest BCUT2D eigenvalue weighted by molar-refractivity contribution is 5.90. The molecule has 0 aromatic heterocycles. The molecule has 0 aliphatic heterocycles. The Kier molecular flexibility index (Phi) is 1.90. The first-order valence-corrected chi connectivity index (χ1v) is 5.89. The molecular formula is C15H17N. The summed E-state index contributed by atoms with van der Waals surface area (Å²) < 4.78 is 0. The van der Waals surface area contributed by atoms with E-state index in [-0.39, 0.29) is 11.5 Å². The van der Waals surface area contributed by atoms with Crippen LogP contribution in [-0.2, 0) is 5.41 Å². The van der Waals surface area contributed by atoms with Gasteiger partial charge in [0.15, 0.2) is 0 Å². The van der Waals surface area contributed by atoms with Gasteiger partial charge in [0.2, 0.25) is 0 Å². The van der Waals surface area contributed by atoms with Gasteiger partial charge in [-0.25, -0.2) is 0 Å². The molecule has 0 saturated heterocycles. The molecule has 2 aliphatic carbocycles. The van der Waals surface area contributed by atoms with E-state index < -0.39 is 0 Å². The third kappa shape index (κ3) is 1.15. The summed E-state index contributed by atoms with van der Waals surface area (Å²) in [4.78, 5) is 0. The first-order valence-electron chi connectivity index (χ1n) is 5.89. The Balaban J connectivity index is 2.29. The van der Waals surface area contributed by atoms with Gasteiger partial charge in [0, 0.05) is 11.5 Å². The zero-order valence-corrected chi connectivity index (χ0v) is 9.83. The summed E-state index contributed by atoms with van der Waals surface area (Å²) >= 11 is 0. The molecule has 0 amide bonds. The average molecular weight is 211 g/mol. The molecule has 0 saturated carbocycles. The molecule has 2 aliphatic rings. The number of rotatable bonds is 0. The number of allylic oxidation sites excluding steroid dienone is 2. The predicted octanol–water partition coefficient (Wildman–Crippen LogP) is 3.02. The molecule has 1 aromatic carbocycles. The Morgan fingerprint density at radius 3 is 2.81 bits per heavy atom. The summed E-state index contributed by atoms with van der Waals surface area (Å²) in [7, 11) is 0. The van der Waals surface area contributed by atoms with Crippen LogP contribution in [0.2, 0.25) is 0 Å². The maximum atomic E-state index is 6.02. The lowest BCUT2D eigenvalue weighted by Gasteiger charge is -2.24. The van der Waals surface area contributed by atoms with Crippen LogP contribution in [0.4, 0.5) is 0 Å². The van der Waals surface area contributed by atoms with Crippen molar-refractivity contribution in [3.63, 3.8) is 0 Å². The molecule has 82 valence electrons. The third-order valence-corrected chi connectivity index (χ3v) is 3.83. The summed E-state index contributed by atoms with van der Waals surface area (Å²) in [5.41, 5.74) is 11.8. The summed E-state index contributed by atoms with van der Waals surface area (Å²) in [5, 5.41) is 0. The first kappa shape index (κ1) is 9.86. The number of hydrogen-bond acceptors (Lipinski definition) is 1. The van der Waals surface area contributed by atoms with Crippen molar-refractivity contribution in [2.24, 2.45) is 5.73 Å². The fourth-order valence-corrected chi connectivity index (χ4v) is 2.97. The normalized spacial score (nSPS) is 25.6. The highest BCUT2D eigenvalue weighted by atomic mass is 14.6. The lowest BCUT2D eigenvalue weighted by Crippen LogP contribution is -2.22. The molecule has 1 heteroatoms. The standard InChI is InChI=1S/C15H17N/c1-15(2)13-6-4-3-5-11(13)12-9-10(16)7-8-14(12)15/h3-6,8-10H,7,16H2,1-2H3/t10-/m0/s1. The van der Waals surface area contributed by atoms with Crippen LogP contribution in [0.15, 0.2) is 42.0 Å². The average Bonchev–Trinajstić information content (AvgIpc) is 2.49.